The van der Waals surface area contributed by atoms with Crippen molar-refractivity contribution >= 4 is 21.8 Å². The Kier molecular flexibility index (Phi) is 1.72. The van der Waals surface area contributed by atoms with Gasteiger partial charge in [-0.2, -0.15) is 0 Å². The summed E-state index contributed by atoms with van der Waals surface area (Å²) in [6.07, 6.45) is 3.73. The van der Waals surface area contributed by atoms with Gasteiger partial charge in [0.15, 0.2) is 0 Å². The van der Waals surface area contributed by atoms with Crippen molar-refractivity contribution in [3.8, 4) is 0 Å². The maximum atomic E-state index is 6.11. The normalized spacial score (nSPS) is 11.4. The first-order valence-corrected chi connectivity index (χ1v) is 5.29. The molecule has 0 unspecified atom stereocenters. The lowest BCUT2D eigenvalue weighted by atomic mass is 10.1. The lowest BCUT2D eigenvalue weighted by Gasteiger charge is -2.00. The largest absolute Gasteiger partial charge is 0.339 e. The summed E-state index contributed by atoms with van der Waals surface area (Å²) < 4.78 is 1.75. The van der Waals surface area contributed by atoms with Crippen LogP contribution in [0.4, 0.5) is 0 Å². The molecule has 0 fully saturated rings. The maximum absolute atomic E-state index is 6.11. The zero-order chi connectivity index (χ0) is 11.3. The number of pyridine rings is 1. The zero-order valence-corrected chi connectivity index (χ0v) is 9.36. The molecule has 2 heterocycles. The molecular weight excluding hydrogens is 198 g/mol. The fourth-order valence-corrected chi connectivity index (χ4v) is 2.27. The Morgan fingerprint density at radius 1 is 1.12 bits per heavy atom. The first-order chi connectivity index (χ1) is 7.68. The van der Waals surface area contributed by atoms with Crippen LogP contribution in [0.5, 0.6) is 0 Å². The molecule has 3 heteroatoms. The van der Waals surface area contributed by atoms with Gasteiger partial charge in [-0.3, -0.25) is 9.66 Å². The molecule has 0 aliphatic rings. The van der Waals surface area contributed by atoms with Crippen LogP contribution in [0.1, 0.15) is 11.1 Å². The SMILES string of the molecule is Cc1ccc2c(c1)c1cncc(C)c1n2N. The molecular formula is C13H13N3. The molecule has 1 aromatic carbocycles. The predicted molar refractivity (Wildman–Crippen MR) is 66.9 cm³/mol. The van der Waals surface area contributed by atoms with Gasteiger partial charge in [-0.25, -0.2) is 0 Å². The second-order valence-corrected chi connectivity index (χ2v) is 4.24. The van der Waals surface area contributed by atoms with Gasteiger partial charge in [-0.05, 0) is 31.5 Å². The summed E-state index contributed by atoms with van der Waals surface area (Å²) in [5.41, 5.74) is 4.46. The van der Waals surface area contributed by atoms with Gasteiger partial charge < -0.3 is 5.84 Å². The molecule has 0 radical (unpaired) electrons. The number of aryl methyl sites for hydroxylation is 2. The minimum Gasteiger partial charge on any atom is -0.339 e. The summed E-state index contributed by atoms with van der Waals surface area (Å²) in [5, 5.41) is 2.30. The minimum absolute atomic E-state index is 1.05. The number of aromatic nitrogens is 2. The van der Waals surface area contributed by atoms with E-state index in [1.165, 1.54) is 10.9 Å². The van der Waals surface area contributed by atoms with Crippen LogP contribution < -0.4 is 5.84 Å². The number of hydrogen-bond acceptors (Lipinski definition) is 2. The molecule has 2 aromatic heterocycles. The van der Waals surface area contributed by atoms with Crippen molar-refractivity contribution in [2.24, 2.45) is 0 Å². The Balaban J connectivity index is 2.65. The van der Waals surface area contributed by atoms with E-state index in [0.29, 0.717) is 0 Å². The number of fused-ring (bicyclic) bond motifs is 3. The molecule has 0 aliphatic carbocycles. The van der Waals surface area contributed by atoms with E-state index in [1.54, 1.807) is 4.68 Å². The highest BCUT2D eigenvalue weighted by Crippen LogP contribution is 2.28. The van der Waals surface area contributed by atoms with Crippen molar-refractivity contribution in [2.45, 2.75) is 13.8 Å². The monoisotopic (exact) mass is 211 g/mol. The standard InChI is InChI=1S/C13H13N3/c1-8-3-4-12-10(5-8)11-7-15-6-9(2)13(11)16(12)14/h3-7H,14H2,1-2H3. The second kappa shape index (κ2) is 2.98. The highest BCUT2D eigenvalue weighted by molar-refractivity contribution is 6.08. The molecule has 0 aliphatic heterocycles. The number of nitrogen functional groups attached to an aromatic ring is 1. The number of nitrogens with zero attached hydrogens (tertiary/aromatic N) is 2. The molecule has 0 saturated carbocycles. The lowest BCUT2D eigenvalue weighted by Crippen LogP contribution is -2.07. The quantitative estimate of drug-likeness (QED) is 0.581. The summed E-state index contributed by atoms with van der Waals surface area (Å²) in [6, 6.07) is 6.29. The summed E-state index contributed by atoms with van der Waals surface area (Å²) in [4.78, 5) is 4.24. The summed E-state index contributed by atoms with van der Waals surface area (Å²) in [5.74, 6) is 6.11. The van der Waals surface area contributed by atoms with Crippen molar-refractivity contribution in [2.75, 3.05) is 5.84 Å². The van der Waals surface area contributed by atoms with Crippen LogP contribution >= 0.6 is 0 Å². The Hall–Kier alpha value is -2.03. The van der Waals surface area contributed by atoms with Crippen LogP contribution in [-0.4, -0.2) is 9.66 Å². The van der Waals surface area contributed by atoms with Crippen molar-refractivity contribution in [3.63, 3.8) is 0 Å². The molecule has 3 nitrogen and oxygen atoms in total. The van der Waals surface area contributed by atoms with Crippen LogP contribution in [-0.2, 0) is 0 Å². The summed E-state index contributed by atoms with van der Waals surface area (Å²) in [6.45, 7) is 4.12. The van der Waals surface area contributed by atoms with E-state index in [-0.39, 0.29) is 0 Å². The Labute approximate surface area is 93.5 Å². The first-order valence-electron chi connectivity index (χ1n) is 5.29. The molecule has 80 valence electrons. The van der Waals surface area contributed by atoms with E-state index >= 15 is 0 Å². The van der Waals surface area contributed by atoms with Gasteiger partial charge in [0.05, 0.1) is 11.0 Å². The van der Waals surface area contributed by atoms with Gasteiger partial charge in [0.1, 0.15) is 0 Å². The van der Waals surface area contributed by atoms with E-state index < -0.39 is 0 Å². The van der Waals surface area contributed by atoms with Gasteiger partial charge >= 0.3 is 0 Å². The van der Waals surface area contributed by atoms with E-state index in [9.17, 15) is 0 Å². The Morgan fingerprint density at radius 2 is 1.94 bits per heavy atom. The zero-order valence-electron chi connectivity index (χ0n) is 9.36. The molecule has 0 amide bonds. The van der Waals surface area contributed by atoms with Gasteiger partial charge in [0, 0.05) is 23.2 Å². The Morgan fingerprint density at radius 3 is 2.75 bits per heavy atom. The van der Waals surface area contributed by atoms with Gasteiger partial charge in [-0.15, -0.1) is 0 Å². The average Bonchev–Trinajstić information content (AvgIpc) is 2.54. The molecule has 3 rings (SSSR count). The third-order valence-corrected chi connectivity index (χ3v) is 3.04. The third-order valence-electron chi connectivity index (χ3n) is 3.04. The van der Waals surface area contributed by atoms with Crippen LogP contribution in [0.3, 0.4) is 0 Å². The van der Waals surface area contributed by atoms with Gasteiger partial charge in [0.25, 0.3) is 0 Å². The van der Waals surface area contributed by atoms with Crippen LogP contribution in [0.2, 0.25) is 0 Å². The van der Waals surface area contributed by atoms with Gasteiger partial charge in [0.2, 0.25) is 0 Å². The molecule has 0 saturated heterocycles. The molecule has 3 aromatic rings. The van der Waals surface area contributed by atoms with Crippen LogP contribution in [0.15, 0.2) is 30.6 Å². The fourth-order valence-electron chi connectivity index (χ4n) is 2.27. The van der Waals surface area contributed by atoms with Crippen molar-refractivity contribution in [1.82, 2.24) is 9.66 Å². The topological polar surface area (TPSA) is 43.8 Å². The molecule has 0 bridgehead atoms. The molecule has 0 spiro atoms. The van der Waals surface area contributed by atoms with Crippen LogP contribution in [0, 0.1) is 13.8 Å². The predicted octanol–water partition coefficient (Wildman–Crippen LogP) is 2.52. The number of rotatable bonds is 0. The average molecular weight is 211 g/mol. The number of hydrogen-bond donors (Lipinski definition) is 1. The van der Waals surface area contributed by atoms with Crippen molar-refractivity contribution in [3.05, 3.63) is 41.7 Å². The number of nitrogens with two attached hydrogens (primary N) is 1. The Bertz CT molecular complexity index is 695. The van der Waals surface area contributed by atoms with E-state index in [2.05, 4.69) is 30.1 Å². The van der Waals surface area contributed by atoms with E-state index in [1.807, 2.05) is 19.3 Å². The second-order valence-electron chi connectivity index (χ2n) is 4.24. The van der Waals surface area contributed by atoms with E-state index in [0.717, 1.165) is 22.0 Å². The third kappa shape index (κ3) is 1.05. The van der Waals surface area contributed by atoms with E-state index in [4.69, 9.17) is 5.84 Å². The highest BCUT2D eigenvalue weighted by atomic mass is 15.3. The fraction of sp³-hybridized carbons (Fsp3) is 0.154. The smallest absolute Gasteiger partial charge is 0.0763 e. The molecule has 16 heavy (non-hydrogen) atoms. The summed E-state index contributed by atoms with van der Waals surface area (Å²) in [7, 11) is 0. The number of benzene rings is 1. The lowest BCUT2D eigenvalue weighted by molar-refractivity contribution is 1.10. The maximum Gasteiger partial charge on any atom is 0.0763 e. The highest BCUT2D eigenvalue weighted by Gasteiger charge is 2.10. The van der Waals surface area contributed by atoms with Crippen molar-refractivity contribution in [1.29, 1.82) is 0 Å². The molecule has 2 N–H and O–H groups in total. The molecule has 0 atom stereocenters. The summed E-state index contributed by atoms with van der Waals surface area (Å²) >= 11 is 0. The van der Waals surface area contributed by atoms with Gasteiger partial charge in [-0.1, -0.05) is 11.6 Å². The van der Waals surface area contributed by atoms with Crippen LogP contribution in [0.25, 0.3) is 21.8 Å². The van der Waals surface area contributed by atoms with Crippen molar-refractivity contribution < 1.29 is 0 Å². The minimum atomic E-state index is 1.05. The first kappa shape index (κ1) is 9.21.